The number of aromatic hydroxyl groups is 2. The average Bonchev–Trinajstić information content (AvgIpc) is 3.21. The van der Waals surface area contributed by atoms with Gasteiger partial charge in [-0.25, -0.2) is 0 Å². The Morgan fingerprint density at radius 3 is 1.69 bits per heavy atom. The van der Waals surface area contributed by atoms with Crippen LogP contribution in [0.4, 0.5) is 0 Å². The Balaban J connectivity index is 1.78. The first-order valence-corrected chi connectivity index (χ1v) is 21.2. The van der Waals surface area contributed by atoms with E-state index in [1.807, 2.05) is 13.8 Å². The first-order chi connectivity index (χ1) is 32.0. The van der Waals surface area contributed by atoms with E-state index >= 15 is 4.79 Å². The van der Waals surface area contributed by atoms with Crippen LogP contribution in [0.3, 0.4) is 0 Å². The molecule has 68 heavy (non-hydrogen) atoms. The highest BCUT2D eigenvalue weighted by Crippen LogP contribution is 2.54. The predicted octanol–water partition coefficient (Wildman–Crippen LogP) is 8.77. The number of ketones is 2. The van der Waals surface area contributed by atoms with E-state index in [0.29, 0.717) is 5.57 Å². The van der Waals surface area contributed by atoms with E-state index in [4.69, 9.17) is 28.4 Å². The van der Waals surface area contributed by atoms with Gasteiger partial charge in [-0.15, -0.1) is 0 Å². The van der Waals surface area contributed by atoms with Crippen molar-refractivity contribution in [2.45, 2.75) is 87.0 Å². The summed E-state index contributed by atoms with van der Waals surface area (Å²) in [6, 6.07) is 13.6. The smallest absolute Gasteiger partial charge is 0.308 e. The minimum atomic E-state index is -1.36. The van der Waals surface area contributed by atoms with Gasteiger partial charge in [-0.1, -0.05) is 29.4 Å². The highest BCUT2D eigenvalue weighted by atomic mass is 16.6. The van der Waals surface area contributed by atoms with E-state index in [9.17, 15) is 43.8 Å². The lowest BCUT2D eigenvalue weighted by Crippen LogP contribution is -2.32. The third-order valence-corrected chi connectivity index (χ3v) is 10.4. The predicted molar refractivity (Wildman–Crippen MR) is 245 cm³/mol. The molecule has 0 saturated carbocycles. The Morgan fingerprint density at radius 1 is 0.588 bits per heavy atom. The van der Waals surface area contributed by atoms with Gasteiger partial charge in [-0.05, 0) is 93.8 Å². The standard InChI is InChI=1S/C52H50O16/c1-26(2)10-15-39-44(65-30(6)55)20-18-40(50(39)60)52(62)48-41(37-16-14-36(64-29(5)54)25-47(37)68-33(9)58)22-27(3)23-42(48)49-45(66-31(7)56)21-17-38(51(49)61)43(59)19-12-34-11-13-35(63-28(4)53)24-46(34)67-32(8)57/h10-14,16-21,23-25,41-42,48,60-61H,15,22H2,1-9H3/b19-12+/t41-,42?,48-/m1/s1. The molecule has 0 radical (unpaired) electrons. The van der Waals surface area contributed by atoms with Crippen LogP contribution in [0.15, 0.2) is 90.0 Å². The van der Waals surface area contributed by atoms with E-state index < -0.39 is 76.6 Å². The van der Waals surface area contributed by atoms with E-state index in [-0.39, 0.29) is 80.7 Å². The summed E-state index contributed by atoms with van der Waals surface area (Å²) in [4.78, 5) is 103. The molecule has 5 rings (SSSR count). The van der Waals surface area contributed by atoms with Gasteiger partial charge in [0.2, 0.25) is 0 Å². The fourth-order valence-corrected chi connectivity index (χ4v) is 7.89. The van der Waals surface area contributed by atoms with Gasteiger partial charge in [-0.3, -0.25) is 38.4 Å². The molecule has 16 heteroatoms. The van der Waals surface area contributed by atoms with Crippen molar-refractivity contribution < 1.29 is 77.0 Å². The van der Waals surface area contributed by atoms with Crippen LogP contribution in [0.2, 0.25) is 0 Å². The molecule has 0 amide bonds. The number of Topliss-reactive ketones (excluding diaryl/α,β-unsaturated/α-hetero) is 1. The number of rotatable bonds is 15. The van der Waals surface area contributed by atoms with Crippen molar-refractivity contribution in [3.05, 3.63) is 123 Å². The molecule has 0 saturated heterocycles. The Hall–Kier alpha value is -8.14. The molecule has 1 unspecified atom stereocenters. The molecular formula is C52H50O16. The van der Waals surface area contributed by atoms with E-state index in [1.54, 1.807) is 19.1 Å². The molecule has 0 heterocycles. The highest BCUT2D eigenvalue weighted by molar-refractivity contribution is 6.09. The average molecular weight is 931 g/mol. The summed E-state index contributed by atoms with van der Waals surface area (Å²) in [5.74, 6) is -10.7. The molecule has 0 aliphatic heterocycles. The van der Waals surface area contributed by atoms with Gasteiger partial charge in [0.15, 0.2) is 11.6 Å². The van der Waals surface area contributed by atoms with Crippen LogP contribution < -0.4 is 28.4 Å². The normalized spacial score (nSPS) is 15.3. The summed E-state index contributed by atoms with van der Waals surface area (Å²) in [5, 5.41) is 24.3. The summed E-state index contributed by atoms with van der Waals surface area (Å²) in [7, 11) is 0. The second-order valence-electron chi connectivity index (χ2n) is 16.2. The summed E-state index contributed by atoms with van der Waals surface area (Å²) in [6.45, 7) is 12.4. The molecule has 16 nitrogen and oxygen atoms in total. The molecule has 0 fully saturated rings. The lowest BCUT2D eigenvalue weighted by Gasteiger charge is -2.38. The van der Waals surface area contributed by atoms with Crippen molar-refractivity contribution in [1.82, 2.24) is 0 Å². The van der Waals surface area contributed by atoms with Crippen LogP contribution in [0.5, 0.6) is 46.0 Å². The number of esters is 6. The quantitative estimate of drug-likeness (QED) is 0.0373. The Morgan fingerprint density at radius 2 is 1.10 bits per heavy atom. The topological polar surface area (TPSA) is 232 Å². The van der Waals surface area contributed by atoms with Crippen LogP contribution in [0.1, 0.15) is 124 Å². The molecule has 2 N–H and O–H groups in total. The minimum absolute atomic E-state index is 0.00381. The number of benzene rings is 4. The first kappa shape index (κ1) is 50.9. The largest absolute Gasteiger partial charge is 0.507 e. The summed E-state index contributed by atoms with van der Waals surface area (Å²) in [5.41, 5.74) is 1.42. The summed E-state index contributed by atoms with van der Waals surface area (Å²) < 4.78 is 32.4. The van der Waals surface area contributed by atoms with Crippen LogP contribution in [0.25, 0.3) is 6.08 Å². The van der Waals surface area contributed by atoms with Crippen LogP contribution in [-0.2, 0) is 35.2 Å². The van der Waals surface area contributed by atoms with Gasteiger partial charge in [0.1, 0.15) is 46.0 Å². The molecule has 0 aromatic heterocycles. The maximum Gasteiger partial charge on any atom is 0.308 e. The van der Waals surface area contributed by atoms with Crippen molar-refractivity contribution in [3.63, 3.8) is 0 Å². The number of hydrogen-bond acceptors (Lipinski definition) is 16. The van der Waals surface area contributed by atoms with Crippen molar-refractivity contribution in [3.8, 4) is 46.0 Å². The maximum atomic E-state index is 15.6. The second-order valence-corrected chi connectivity index (χ2v) is 16.2. The molecular weight excluding hydrogens is 881 g/mol. The van der Waals surface area contributed by atoms with Crippen LogP contribution >= 0.6 is 0 Å². The Bertz CT molecular complexity index is 2820. The monoisotopic (exact) mass is 930 g/mol. The minimum Gasteiger partial charge on any atom is -0.507 e. The summed E-state index contributed by atoms with van der Waals surface area (Å²) >= 11 is 0. The SMILES string of the molecule is CC(=O)Oc1ccc(/C=C/C(=O)c2ccc(OC(C)=O)c(C3C=C(C)C[C@H](c4ccc(OC(C)=O)cc4OC(C)=O)[C@H]3C(=O)c3ccc(OC(C)=O)c(CC=C(C)C)c3O)c2O)c(OC(C)=O)c1. The fourth-order valence-electron chi connectivity index (χ4n) is 7.89. The molecule has 1 aliphatic carbocycles. The molecule has 3 atom stereocenters. The van der Waals surface area contributed by atoms with Gasteiger partial charge in [0.05, 0.1) is 11.1 Å². The second kappa shape index (κ2) is 21.9. The van der Waals surface area contributed by atoms with Gasteiger partial charge >= 0.3 is 35.8 Å². The number of ether oxygens (including phenoxy) is 6. The first-order valence-electron chi connectivity index (χ1n) is 21.2. The third kappa shape index (κ3) is 12.6. The number of carbonyl (C=O) groups excluding carboxylic acids is 8. The maximum absolute atomic E-state index is 15.6. The molecule has 0 bridgehead atoms. The number of hydrogen-bond donors (Lipinski definition) is 2. The number of phenols is 2. The van der Waals surface area contributed by atoms with Gasteiger partial charge < -0.3 is 38.6 Å². The third-order valence-electron chi connectivity index (χ3n) is 10.4. The zero-order chi connectivity index (χ0) is 50.1. The molecule has 4 aromatic carbocycles. The highest BCUT2D eigenvalue weighted by Gasteiger charge is 2.44. The molecule has 354 valence electrons. The summed E-state index contributed by atoms with van der Waals surface area (Å²) in [6.07, 6.45) is 5.98. The van der Waals surface area contributed by atoms with E-state index in [0.717, 1.165) is 32.4 Å². The zero-order valence-electron chi connectivity index (χ0n) is 38.8. The molecule has 4 aromatic rings. The Kier molecular flexibility index (Phi) is 16.4. The lowest BCUT2D eigenvalue weighted by molar-refractivity contribution is -0.133. The molecule has 0 spiro atoms. The number of carbonyl (C=O) groups is 8. The lowest BCUT2D eigenvalue weighted by atomic mass is 9.65. The van der Waals surface area contributed by atoms with Crippen LogP contribution in [0, 0.1) is 5.92 Å². The van der Waals surface area contributed by atoms with Gasteiger partial charge in [0, 0.05) is 88.1 Å². The van der Waals surface area contributed by atoms with Crippen molar-refractivity contribution in [2.24, 2.45) is 5.92 Å². The van der Waals surface area contributed by atoms with Crippen molar-refractivity contribution in [2.75, 3.05) is 0 Å². The van der Waals surface area contributed by atoms with Crippen LogP contribution in [-0.4, -0.2) is 57.6 Å². The van der Waals surface area contributed by atoms with E-state index in [1.165, 1.54) is 87.5 Å². The van der Waals surface area contributed by atoms with Crippen molar-refractivity contribution in [1.29, 1.82) is 0 Å². The van der Waals surface area contributed by atoms with Gasteiger partial charge in [-0.2, -0.15) is 0 Å². The van der Waals surface area contributed by atoms with Crippen molar-refractivity contribution >= 4 is 53.5 Å². The fraction of sp³-hybridized carbons (Fsp3) is 0.269. The zero-order valence-corrected chi connectivity index (χ0v) is 38.8. The van der Waals surface area contributed by atoms with E-state index in [2.05, 4.69) is 0 Å². The number of phenolic OH excluding ortho intramolecular Hbond substituents is 2. The number of allylic oxidation sites excluding steroid dienone is 5. The Labute approximate surface area is 391 Å². The molecule has 1 aliphatic rings. The van der Waals surface area contributed by atoms with Gasteiger partial charge in [0.25, 0.3) is 0 Å².